The minimum Gasteiger partial charge on any atom is -0.497 e. The van der Waals surface area contributed by atoms with Gasteiger partial charge in [0.1, 0.15) is 5.75 Å². The van der Waals surface area contributed by atoms with Crippen LogP contribution in [0.4, 0.5) is 0 Å². The van der Waals surface area contributed by atoms with Crippen LogP contribution in [0.25, 0.3) is 0 Å². The van der Waals surface area contributed by atoms with E-state index in [9.17, 15) is 4.79 Å². The second-order valence-electron chi connectivity index (χ2n) is 6.77. The van der Waals surface area contributed by atoms with Crippen LogP contribution >= 0.6 is 0 Å². The van der Waals surface area contributed by atoms with Crippen LogP contribution in [0.2, 0.25) is 0 Å². The van der Waals surface area contributed by atoms with Crippen molar-refractivity contribution < 1.29 is 14.3 Å². The molecule has 2 fully saturated rings. The molecule has 1 aliphatic carbocycles. The molecule has 1 saturated heterocycles. The fraction of sp³-hybridized carbons (Fsp3) is 0.632. The fourth-order valence-electron chi connectivity index (χ4n) is 4.17. The van der Waals surface area contributed by atoms with Crippen LogP contribution in [0.15, 0.2) is 24.3 Å². The predicted molar refractivity (Wildman–Crippen MR) is 89.3 cm³/mol. The highest BCUT2D eigenvalue weighted by molar-refractivity contribution is 5.69. The molecule has 3 rings (SSSR count). The van der Waals surface area contributed by atoms with Crippen molar-refractivity contribution in [2.24, 2.45) is 11.8 Å². The first-order chi connectivity index (χ1) is 11.2. The summed E-state index contributed by atoms with van der Waals surface area (Å²) < 4.78 is 10.4. The Bertz CT molecular complexity index is 528. The zero-order valence-electron chi connectivity index (χ0n) is 14.2. The van der Waals surface area contributed by atoms with Crippen LogP contribution in [0, 0.1) is 11.8 Å². The third-order valence-electron chi connectivity index (χ3n) is 5.38. The number of nitrogens with zero attached hydrogens (tertiary/aromatic N) is 1. The largest absolute Gasteiger partial charge is 0.497 e. The Balaban J connectivity index is 1.56. The Hall–Kier alpha value is -1.55. The van der Waals surface area contributed by atoms with Crippen LogP contribution < -0.4 is 4.74 Å². The lowest BCUT2D eigenvalue weighted by Crippen LogP contribution is -2.28. The molecule has 4 nitrogen and oxygen atoms in total. The molecule has 0 aromatic heterocycles. The fourth-order valence-corrected chi connectivity index (χ4v) is 4.17. The van der Waals surface area contributed by atoms with Gasteiger partial charge in [0.15, 0.2) is 0 Å². The smallest absolute Gasteiger partial charge is 0.306 e. The van der Waals surface area contributed by atoms with Gasteiger partial charge in [0.05, 0.1) is 13.7 Å². The van der Waals surface area contributed by atoms with Crippen molar-refractivity contribution >= 4 is 5.97 Å². The molecule has 1 saturated carbocycles. The topological polar surface area (TPSA) is 38.8 Å². The summed E-state index contributed by atoms with van der Waals surface area (Å²) in [5.41, 5.74) is 1.33. The Morgan fingerprint density at radius 1 is 1.26 bits per heavy atom. The highest BCUT2D eigenvalue weighted by atomic mass is 16.5. The number of ether oxygens (including phenoxy) is 2. The number of likely N-dealkylation sites (tertiary alicyclic amines) is 1. The SMILES string of the molecule is CCOC(=O)CC1CCC2CC1CN2Cc1ccc(OC)cc1. The Morgan fingerprint density at radius 3 is 2.74 bits per heavy atom. The molecular formula is C19H27NO3. The van der Waals surface area contributed by atoms with Gasteiger partial charge in [-0.05, 0) is 55.7 Å². The van der Waals surface area contributed by atoms with E-state index in [4.69, 9.17) is 9.47 Å². The monoisotopic (exact) mass is 317 g/mol. The van der Waals surface area contributed by atoms with Gasteiger partial charge in [0.2, 0.25) is 0 Å². The van der Waals surface area contributed by atoms with Gasteiger partial charge in [-0.1, -0.05) is 12.1 Å². The number of hydrogen-bond acceptors (Lipinski definition) is 4. The van der Waals surface area contributed by atoms with Gasteiger partial charge in [-0.25, -0.2) is 0 Å². The molecule has 23 heavy (non-hydrogen) atoms. The van der Waals surface area contributed by atoms with Crippen molar-refractivity contribution in [3.05, 3.63) is 29.8 Å². The van der Waals surface area contributed by atoms with Crippen LogP contribution in [-0.4, -0.2) is 37.2 Å². The van der Waals surface area contributed by atoms with Crippen molar-refractivity contribution in [2.75, 3.05) is 20.3 Å². The molecule has 1 heterocycles. The summed E-state index contributed by atoms with van der Waals surface area (Å²) in [5, 5.41) is 0. The summed E-state index contributed by atoms with van der Waals surface area (Å²) in [6.07, 6.45) is 4.20. The average Bonchev–Trinajstić information content (AvgIpc) is 2.88. The van der Waals surface area contributed by atoms with E-state index in [1.54, 1.807) is 7.11 Å². The predicted octanol–water partition coefficient (Wildman–Crippen LogP) is 3.25. The van der Waals surface area contributed by atoms with Crippen LogP contribution in [0.1, 0.15) is 38.2 Å². The second-order valence-corrected chi connectivity index (χ2v) is 6.77. The molecule has 2 aliphatic rings. The van der Waals surface area contributed by atoms with Crippen LogP contribution in [0.3, 0.4) is 0 Å². The zero-order chi connectivity index (χ0) is 16.2. The molecule has 2 bridgehead atoms. The minimum absolute atomic E-state index is 0.0236. The molecule has 1 aromatic rings. The quantitative estimate of drug-likeness (QED) is 0.755. The third kappa shape index (κ3) is 3.86. The van der Waals surface area contributed by atoms with E-state index in [-0.39, 0.29) is 5.97 Å². The van der Waals surface area contributed by atoms with Gasteiger partial charge in [-0.2, -0.15) is 0 Å². The van der Waals surface area contributed by atoms with Gasteiger partial charge >= 0.3 is 5.97 Å². The molecule has 0 N–H and O–H groups in total. The van der Waals surface area contributed by atoms with Gasteiger partial charge in [0, 0.05) is 25.6 Å². The second kappa shape index (κ2) is 7.35. The number of hydrogen-bond donors (Lipinski definition) is 0. The molecule has 3 atom stereocenters. The summed E-state index contributed by atoms with van der Waals surface area (Å²) in [5.74, 6) is 2.04. The van der Waals surface area contributed by atoms with Crippen LogP contribution in [0.5, 0.6) is 5.75 Å². The number of rotatable bonds is 6. The molecule has 0 amide bonds. The molecular weight excluding hydrogens is 290 g/mol. The molecule has 1 aliphatic heterocycles. The number of benzene rings is 1. The standard InChI is InChI=1S/C19H27NO3/c1-3-23-19(21)11-15-6-7-17-10-16(15)13-20(17)12-14-4-8-18(22-2)9-5-14/h4-5,8-9,15-17H,3,6-7,10-13H2,1-2H3. The average molecular weight is 317 g/mol. The Kier molecular flexibility index (Phi) is 5.21. The maximum Gasteiger partial charge on any atom is 0.306 e. The summed E-state index contributed by atoms with van der Waals surface area (Å²) in [6, 6.07) is 9.04. The van der Waals surface area contributed by atoms with Crippen molar-refractivity contribution in [3.8, 4) is 5.75 Å². The normalized spacial score (nSPS) is 27.0. The van der Waals surface area contributed by atoms with Crippen LogP contribution in [-0.2, 0) is 16.1 Å². The van der Waals surface area contributed by atoms with Crippen molar-refractivity contribution in [1.29, 1.82) is 0 Å². The number of esters is 1. The zero-order valence-corrected chi connectivity index (χ0v) is 14.2. The molecule has 0 spiro atoms. The van der Waals surface area contributed by atoms with E-state index in [1.165, 1.54) is 18.4 Å². The first kappa shape index (κ1) is 16.3. The summed E-state index contributed by atoms with van der Waals surface area (Å²) >= 11 is 0. The highest BCUT2D eigenvalue weighted by Gasteiger charge is 2.41. The van der Waals surface area contributed by atoms with Gasteiger partial charge in [0.25, 0.3) is 0 Å². The maximum absolute atomic E-state index is 11.8. The summed E-state index contributed by atoms with van der Waals surface area (Å²) in [7, 11) is 1.70. The van der Waals surface area contributed by atoms with E-state index in [2.05, 4.69) is 17.0 Å². The number of methoxy groups -OCH3 is 1. The molecule has 126 valence electrons. The number of fused-ring (bicyclic) bond motifs is 2. The maximum atomic E-state index is 11.8. The molecule has 0 radical (unpaired) electrons. The molecule has 4 heteroatoms. The van der Waals surface area contributed by atoms with E-state index in [0.29, 0.717) is 30.9 Å². The lowest BCUT2D eigenvalue weighted by atomic mass is 9.78. The number of carbonyl (C=O) groups is 1. The van der Waals surface area contributed by atoms with E-state index in [0.717, 1.165) is 25.3 Å². The first-order valence-electron chi connectivity index (χ1n) is 8.72. The lowest BCUT2D eigenvalue weighted by molar-refractivity contribution is -0.144. The Labute approximate surface area is 138 Å². The molecule has 1 aromatic carbocycles. The van der Waals surface area contributed by atoms with Crippen molar-refractivity contribution in [3.63, 3.8) is 0 Å². The first-order valence-corrected chi connectivity index (χ1v) is 8.72. The van der Waals surface area contributed by atoms with Crippen molar-refractivity contribution in [2.45, 2.75) is 45.2 Å². The summed E-state index contributed by atoms with van der Waals surface area (Å²) in [6.45, 7) is 4.47. The van der Waals surface area contributed by atoms with Gasteiger partial charge < -0.3 is 9.47 Å². The highest BCUT2D eigenvalue weighted by Crippen LogP contribution is 2.41. The number of carbonyl (C=O) groups excluding carboxylic acids is 1. The Morgan fingerprint density at radius 2 is 2.04 bits per heavy atom. The van der Waals surface area contributed by atoms with E-state index >= 15 is 0 Å². The molecule has 3 unspecified atom stereocenters. The lowest BCUT2D eigenvalue weighted by Gasteiger charge is -2.28. The van der Waals surface area contributed by atoms with Gasteiger partial charge in [-0.15, -0.1) is 0 Å². The third-order valence-corrected chi connectivity index (χ3v) is 5.38. The van der Waals surface area contributed by atoms with E-state index in [1.807, 2.05) is 19.1 Å². The minimum atomic E-state index is -0.0236. The van der Waals surface area contributed by atoms with Crippen molar-refractivity contribution in [1.82, 2.24) is 4.90 Å². The summed E-state index contributed by atoms with van der Waals surface area (Å²) in [4.78, 5) is 14.4. The van der Waals surface area contributed by atoms with E-state index < -0.39 is 0 Å². The van der Waals surface area contributed by atoms with Gasteiger partial charge in [-0.3, -0.25) is 9.69 Å².